The third-order valence-corrected chi connectivity index (χ3v) is 3.31. The molecular formula is C10H18N2OS. The lowest BCUT2D eigenvalue weighted by molar-refractivity contribution is 0.0265. The van der Waals surface area contributed by atoms with Crippen LogP contribution in [-0.2, 0) is 4.74 Å². The monoisotopic (exact) mass is 214 g/mol. The Morgan fingerprint density at radius 3 is 2.79 bits per heavy atom. The van der Waals surface area contributed by atoms with Crippen molar-refractivity contribution in [2.75, 3.05) is 37.8 Å². The molecule has 0 aromatic carbocycles. The van der Waals surface area contributed by atoms with Gasteiger partial charge in [0.1, 0.15) is 0 Å². The number of thioether (sulfide) groups is 1. The lowest BCUT2D eigenvalue weighted by atomic mass is 10.2. The summed E-state index contributed by atoms with van der Waals surface area (Å²) < 4.78 is 5.26. The van der Waals surface area contributed by atoms with Crippen molar-refractivity contribution < 1.29 is 4.74 Å². The van der Waals surface area contributed by atoms with Crippen LogP contribution < -0.4 is 0 Å². The fourth-order valence-electron chi connectivity index (χ4n) is 1.56. The van der Waals surface area contributed by atoms with Gasteiger partial charge in [-0.05, 0) is 17.9 Å². The molecule has 0 radical (unpaired) electrons. The molecule has 3 nitrogen and oxygen atoms in total. The molecule has 1 fully saturated rings. The molecule has 14 heavy (non-hydrogen) atoms. The SMILES string of the molecule is CCSCCC(C#N)N1CCOCC1. The molecule has 1 aliphatic rings. The average Bonchev–Trinajstić information content (AvgIpc) is 2.26. The van der Waals surface area contributed by atoms with Crippen molar-refractivity contribution in [3.8, 4) is 6.07 Å². The van der Waals surface area contributed by atoms with E-state index in [0.29, 0.717) is 0 Å². The van der Waals surface area contributed by atoms with E-state index in [0.717, 1.165) is 44.2 Å². The second kappa shape index (κ2) is 7.10. The minimum Gasteiger partial charge on any atom is -0.379 e. The van der Waals surface area contributed by atoms with Gasteiger partial charge in [0.2, 0.25) is 0 Å². The van der Waals surface area contributed by atoms with Crippen LogP contribution in [0.3, 0.4) is 0 Å². The predicted octanol–water partition coefficient (Wildman–Crippen LogP) is 1.35. The third kappa shape index (κ3) is 3.87. The van der Waals surface area contributed by atoms with Crippen LogP contribution in [0.4, 0.5) is 0 Å². The lowest BCUT2D eigenvalue weighted by Crippen LogP contribution is -2.43. The number of rotatable bonds is 5. The molecule has 0 N–H and O–H groups in total. The van der Waals surface area contributed by atoms with Crippen LogP contribution in [0.15, 0.2) is 0 Å². The van der Waals surface area contributed by atoms with E-state index in [1.165, 1.54) is 0 Å². The second-order valence-electron chi connectivity index (χ2n) is 3.28. The molecule has 0 aliphatic carbocycles. The number of nitriles is 1. The van der Waals surface area contributed by atoms with Gasteiger partial charge in [0.05, 0.1) is 25.3 Å². The van der Waals surface area contributed by atoms with Gasteiger partial charge >= 0.3 is 0 Å². The van der Waals surface area contributed by atoms with E-state index >= 15 is 0 Å². The Bertz CT molecular complexity index is 187. The molecule has 1 heterocycles. The highest BCUT2D eigenvalue weighted by Gasteiger charge is 2.19. The Labute approximate surface area is 90.4 Å². The fourth-order valence-corrected chi connectivity index (χ4v) is 2.24. The molecular weight excluding hydrogens is 196 g/mol. The molecule has 0 bridgehead atoms. The van der Waals surface area contributed by atoms with Gasteiger partial charge in [0.25, 0.3) is 0 Å². The van der Waals surface area contributed by atoms with E-state index in [1.54, 1.807) is 0 Å². The van der Waals surface area contributed by atoms with Gasteiger partial charge < -0.3 is 4.74 Å². The Morgan fingerprint density at radius 1 is 1.50 bits per heavy atom. The molecule has 0 aromatic rings. The molecule has 80 valence electrons. The van der Waals surface area contributed by atoms with Crippen LogP contribution in [0, 0.1) is 11.3 Å². The van der Waals surface area contributed by atoms with Crippen LogP contribution in [0.5, 0.6) is 0 Å². The summed E-state index contributed by atoms with van der Waals surface area (Å²) in [5.41, 5.74) is 0. The van der Waals surface area contributed by atoms with Crippen molar-refractivity contribution in [2.24, 2.45) is 0 Å². The maximum atomic E-state index is 9.04. The van der Waals surface area contributed by atoms with E-state index in [-0.39, 0.29) is 6.04 Å². The van der Waals surface area contributed by atoms with Crippen LogP contribution in [-0.4, -0.2) is 48.8 Å². The summed E-state index contributed by atoms with van der Waals surface area (Å²) in [6.07, 6.45) is 0.981. The van der Waals surface area contributed by atoms with Crippen molar-refractivity contribution in [3.63, 3.8) is 0 Å². The van der Waals surface area contributed by atoms with Crippen molar-refractivity contribution in [1.29, 1.82) is 5.26 Å². The quantitative estimate of drug-likeness (QED) is 0.647. The first-order valence-electron chi connectivity index (χ1n) is 5.17. The van der Waals surface area contributed by atoms with Gasteiger partial charge in [-0.25, -0.2) is 0 Å². The van der Waals surface area contributed by atoms with Gasteiger partial charge in [0.15, 0.2) is 0 Å². The zero-order valence-corrected chi connectivity index (χ0v) is 9.55. The zero-order valence-electron chi connectivity index (χ0n) is 8.74. The van der Waals surface area contributed by atoms with E-state index < -0.39 is 0 Å². The van der Waals surface area contributed by atoms with E-state index in [9.17, 15) is 0 Å². The largest absolute Gasteiger partial charge is 0.379 e. The van der Waals surface area contributed by atoms with Gasteiger partial charge in [-0.15, -0.1) is 0 Å². The zero-order chi connectivity index (χ0) is 10.2. The highest BCUT2D eigenvalue weighted by atomic mass is 32.2. The Balaban J connectivity index is 2.25. The fraction of sp³-hybridized carbons (Fsp3) is 0.900. The van der Waals surface area contributed by atoms with E-state index in [4.69, 9.17) is 10.00 Å². The van der Waals surface area contributed by atoms with Crippen molar-refractivity contribution in [2.45, 2.75) is 19.4 Å². The highest BCUT2D eigenvalue weighted by Crippen LogP contribution is 2.10. The molecule has 4 heteroatoms. The first-order chi connectivity index (χ1) is 6.88. The Kier molecular flexibility index (Phi) is 6.00. The van der Waals surface area contributed by atoms with Crippen molar-refractivity contribution >= 4 is 11.8 Å². The minimum absolute atomic E-state index is 0.0953. The summed E-state index contributed by atoms with van der Waals surface area (Å²) in [6, 6.07) is 2.48. The van der Waals surface area contributed by atoms with Gasteiger partial charge in [-0.2, -0.15) is 17.0 Å². The highest BCUT2D eigenvalue weighted by molar-refractivity contribution is 7.99. The second-order valence-corrected chi connectivity index (χ2v) is 4.67. The van der Waals surface area contributed by atoms with E-state index in [2.05, 4.69) is 17.9 Å². The Morgan fingerprint density at radius 2 is 2.21 bits per heavy atom. The summed E-state index contributed by atoms with van der Waals surface area (Å²) in [7, 11) is 0. The molecule has 1 saturated heterocycles. The summed E-state index contributed by atoms with van der Waals surface area (Å²) in [4.78, 5) is 2.24. The molecule has 0 saturated carbocycles. The van der Waals surface area contributed by atoms with Gasteiger partial charge in [0, 0.05) is 13.1 Å². The first kappa shape index (κ1) is 11.8. The molecule has 0 aromatic heterocycles. The van der Waals surface area contributed by atoms with Crippen LogP contribution in [0.1, 0.15) is 13.3 Å². The molecule has 1 atom stereocenters. The number of nitrogens with zero attached hydrogens (tertiary/aromatic N) is 2. The number of hydrogen-bond donors (Lipinski definition) is 0. The minimum atomic E-state index is 0.0953. The standard InChI is InChI=1S/C10H18N2OS/c1-2-14-8-3-10(9-11)12-4-6-13-7-5-12/h10H,2-8H2,1H3. The van der Waals surface area contributed by atoms with Gasteiger partial charge in [-0.3, -0.25) is 4.90 Å². The smallest absolute Gasteiger partial charge is 0.0987 e. The Hall–Kier alpha value is -0.240. The maximum Gasteiger partial charge on any atom is 0.0987 e. The topological polar surface area (TPSA) is 36.3 Å². The van der Waals surface area contributed by atoms with Gasteiger partial charge in [-0.1, -0.05) is 6.92 Å². The number of morpholine rings is 1. The van der Waals surface area contributed by atoms with Crippen molar-refractivity contribution in [1.82, 2.24) is 4.90 Å². The normalized spacial score (nSPS) is 20.3. The molecule has 1 aliphatic heterocycles. The van der Waals surface area contributed by atoms with Crippen LogP contribution in [0.2, 0.25) is 0 Å². The summed E-state index contributed by atoms with van der Waals surface area (Å²) in [5, 5.41) is 9.04. The average molecular weight is 214 g/mol. The molecule has 0 spiro atoms. The van der Waals surface area contributed by atoms with Crippen LogP contribution >= 0.6 is 11.8 Å². The van der Waals surface area contributed by atoms with Crippen LogP contribution in [0.25, 0.3) is 0 Å². The van der Waals surface area contributed by atoms with E-state index in [1.807, 2.05) is 11.8 Å². The summed E-state index contributed by atoms with van der Waals surface area (Å²) in [5.74, 6) is 2.23. The lowest BCUT2D eigenvalue weighted by Gasteiger charge is -2.30. The number of ether oxygens (including phenoxy) is 1. The summed E-state index contributed by atoms with van der Waals surface area (Å²) >= 11 is 1.91. The van der Waals surface area contributed by atoms with Crippen molar-refractivity contribution in [3.05, 3.63) is 0 Å². The molecule has 1 rings (SSSR count). The number of hydrogen-bond acceptors (Lipinski definition) is 4. The summed E-state index contributed by atoms with van der Waals surface area (Å²) in [6.45, 7) is 5.53. The third-order valence-electron chi connectivity index (χ3n) is 2.38. The first-order valence-corrected chi connectivity index (χ1v) is 6.33. The molecule has 1 unspecified atom stereocenters. The predicted molar refractivity (Wildman–Crippen MR) is 59.4 cm³/mol. The molecule has 0 amide bonds. The maximum absolute atomic E-state index is 9.04.